The summed E-state index contributed by atoms with van der Waals surface area (Å²) >= 11 is 0. The van der Waals surface area contributed by atoms with E-state index < -0.39 is 5.97 Å². The van der Waals surface area contributed by atoms with Crippen molar-refractivity contribution in [3.63, 3.8) is 0 Å². The molecule has 23 heavy (non-hydrogen) atoms. The molecule has 2 aromatic carbocycles. The highest BCUT2D eigenvalue weighted by molar-refractivity contribution is 6.21. The average molecular weight is 310 g/mol. The van der Waals surface area contributed by atoms with E-state index in [0.717, 1.165) is 28.7 Å². The van der Waals surface area contributed by atoms with Crippen LogP contribution in [0.3, 0.4) is 0 Å². The summed E-state index contributed by atoms with van der Waals surface area (Å²) in [5.74, 6) is -0.236. The number of carboxylic acid groups (broad SMARTS) is 1. The van der Waals surface area contributed by atoms with Gasteiger partial charge in [-0.05, 0) is 43.5 Å². The Kier molecular flexibility index (Phi) is 5.58. The lowest BCUT2D eigenvalue weighted by atomic mass is 9.97. The van der Waals surface area contributed by atoms with E-state index in [9.17, 15) is 9.90 Å². The quantitative estimate of drug-likeness (QED) is 0.620. The molecule has 0 unspecified atom stereocenters. The van der Waals surface area contributed by atoms with E-state index in [2.05, 4.69) is 0 Å². The molecule has 0 spiro atoms. The van der Waals surface area contributed by atoms with Gasteiger partial charge in [0.2, 0.25) is 0 Å². The molecule has 0 fully saturated rings. The Labute approximate surface area is 137 Å². The van der Waals surface area contributed by atoms with E-state index in [1.165, 1.54) is 0 Å². The molecule has 0 saturated carbocycles. The predicted molar refractivity (Wildman–Crippen MR) is 93.7 cm³/mol. The van der Waals surface area contributed by atoms with Crippen LogP contribution in [-0.2, 0) is 4.79 Å². The largest absolute Gasteiger partial charge is 0.493 e. The molecule has 0 aliphatic carbocycles. The van der Waals surface area contributed by atoms with Gasteiger partial charge in [-0.3, -0.25) is 0 Å². The molecule has 0 aromatic heterocycles. The number of carbonyl (C=O) groups is 1. The highest BCUT2D eigenvalue weighted by atomic mass is 16.5. The second-order valence-electron chi connectivity index (χ2n) is 5.57. The predicted octanol–water partition coefficient (Wildman–Crippen LogP) is 4.72. The van der Waals surface area contributed by atoms with Crippen LogP contribution in [0.1, 0.15) is 35.6 Å². The summed E-state index contributed by atoms with van der Waals surface area (Å²) in [6, 6.07) is 13.3. The van der Waals surface area contributed by atoms with Gasteiger partial charge in [0.05, 0.1) is 12.2 Å². The van der Waals surface area contributed by atoms with Gasteiger partial charge in [-0.15, -0.1) is 0 Å². The number of hydrogen-bond donors (Lipinski definition) is 1. The molecule has 0 heterocycles. The molecule has 0 aliphatic rings. The fourth-order valence-electron chi connectivity index (χ4n) is 2.47. The van der Waals surface area contributed by atoms with Crippen molar-refractivity contribution < 1.29 is 14.6 Å². The Morgan fingerprint density at radius 3 is 2.57 bits per heavy atom. The van der Waals surface area contributed by atoms with Crippen molar-refractivity contribution in [2.75, 3.05) is 6.61 Å². The maximum absolute atomic E-state index is 11.8. The summed E-state index contributed by atoms with van der Waals surface area (Å²) in [6.07, 6.45) is 2.59. The number of benzene rings is 2. The third-order valence-corrected chi connectivity index (χ3v) is 3.58. The van der Waals surface area contributed by atoms with Crippen LogP contribution in [0.25, 0.3) is 11.6 Å². The molecule has 0 amide bonds. The standard InChI is InChI=1S/C20H22O3/c1-4-11-23-19-8-6-5-7-16(19)13-18(20(21)22)17-10-9-14(2)12-15(17)3/h5-10,12-13H,4,11H2,1-3H3,(H,21,22)/b18-13-. The van der Waals surface area contributed by atoms with E-state index in [1.54, 1.807) is 6.08 Å². The minimum Gasteiger partial charge on any atom is -0.493 e. The summed E-state index contributed by atoms with van der Waals surface area (Å²) in [6.45, 7) is 6.57. The number of para-hydroxylation sites is 1. The number of carboxylic acids is 1. The summed E-state index contributed by atoms with van der Waals surface area (Å²) in [5, 5.41) is 9.64. The summed E-state index contributed by atoms with van der Waals surface area (Å²) < 4.78 is 5.71. The van der Waals surface area contributed by atoms with Crippen LogP contribution in [0.2, 0.25) is 0 Å². The molecule has 2 rings (SSSR count). The minimum absolute atomic E-state index is 0.273. The Hall–Kier alpha value is -2.55. The fraction of sp³-hybridized carbons (Fsp3) is 0.250. The van der Waals surface area contributed by atoms with Crippen molar-refractivity contribution in [1.82, 2.24) is 0 Å². The van der Waals surface area contributed by atoms with Crippen molar-refractivity contribution in [3.8, 4) is 5.75 Å². The third-order valence-electron chi connectivity index (χ3n) is 3.58. The second kappa shape index (κ2) is 7.63. The highest BCUT2D eigenvalue weighted by Gasteiger charge is 2.14. The lowest BCUT2D eigenvalue weighted by Gasteiger charge is -2.11. The lowest BCUT2D eigenvalue weighted by molar-refractivity contribution is -0.130. The zero-order chi connectivity index (χ0) is 16.8. The first-order valence-electron chi connectivity index (χ1n) is 7.77. The molecule has 2 aromatic rings. The molecule has 0 radical (unpaired) electrons. The van der Waals surface area contributed by atoms with Crippen LogP contribution in [0.4, 0.5) is 0 Å². The topological polar surface area (TPSA) is 46.5 Å². The number of aryl methyl sites for hydroxylation is 2. The van der Waals surface area contributed by atoms with Crippen LogP contribution in [0.5, 0.6) is 5.75 Å². The maximum Gasteiger partial charge on any atom is 0.336 e. The van der Waals surface area contributed by atoms with Crippen molar-refractivity contribution in [3.05, 3.63) is 64.7 Å². The number of hydrogen-bond acceptors (Lipinski definition) is 2. The van der Waals surface area contributed by atoms with E-state index in [0.29, 0.717) is 12.4 Å². The van der Waals surface area contributed by atoms with Gasteiger partial charge in [0, 0.05) is 5.56 Å². The zero-order valence-corrected chi connectivity index (χ0v) is 13.8. The highest BCUT2D eigenvalue weighted by Crippen LogP contribution is 2.27. The number of aliphatic carboxylic acids is 1. The normalized spacial score (nSPS) is 11.3. The zero-order valence-electron chi connectivity index (χ0n) is 13.8. The lowest BCUT2D eigenvalue weighted by Crippen LogP contribution is -2.03. The molecular formula is C20H22O3. The van der Waals surface area contributed by atoms with E-state index in [-0.39, 0.29) is 5.57 Å². The van der Waals surface area contributed by atoms with Crippen LogP contribution < -0.4 is 4.74 Å². The Balaban J connectivity index is 2.50. The average Bonchev–Trinajstić information content (AvgIpc) is 2.52. The first-order chi connectivity index (χ1) is 11.0. The molecule has 3 nitrogen and oxygen atoms in total. The first-order valence-corrected chi connectivity index (χ1v) is 7.77. The molecule has 1 N–H and O–H groups in total. The molecular weight excluding hydrogens is 288 g/mol. The van der Waals surface area contributed by atoms with Crippen LogP contribution in [-0.4, -0.2) is 17.7 Å². The van der Waals surface area contributed by atoms with Gasteiger partial charge in [0.1, 0.15) is 5.75 Å². The third kappa shape index (κ3) is 4.22. The Morgan fingerprint density at radius 2 is 1.91 bits per heavy atom. The molecule has 0 aliphatic heterocycles. The van der Waals surface area contributed by atoms with Crippen molar-refractivity contribution in [2.24, 2.45) is 0 Å². The molecule has 0 atom stereocenters. The second-order valence-corrected chi connectivity index (χ2v) is 5.57. The molecule has 0 bridgehead atoms. The summed E-state index contributed by atoms with van der Waals surface area (Å²) in [5.41, 5.74) is 3.84. The van der Waals surface area contributed by atoms with Crippen LogP contribution in [0.15, 0.2) is 42.5 Å². The van der Waals surface area contributed by atoms with Gasteiger partial charge >= 0.3 is 5.97 Å². The van der Waals surface area contributed by atoms with Crippen LogP contribution in [0, 0.1) is 13.8 Å². The van der Waals surface area contributed by atoms with Crippen molar-refractivity contribution in [1.29, 1.82) is 0 Å². The Morgan fingerprint density at radius 1 is 1.17 bits per heavy atom. The number of rotatable bonds is 6. The van der Waals surface area contributed by atoms with Gasteiger partial charge in [-0.25, -0.2) is 4.79 Å². The molecule has 3 heteroatoms. The molecule has 0 saturated heterocycles. The van der Waals surface area contributed by atoms with Gasteiger partial charge in [-0.1, -0.05) is 48.9 Å². The monoisotopic (exact) mass is 310 g/mol. The van der Waals surface area contributed by atoms with E-state index in [4.69, 9.17) is 4.74 Å². The van der Waals surface area contributed by atoms with Crippen molar-refractivity contribution >= 4 is 17.6 Å². The smallest absolute Gasteiger partial charge is 0.336 e. The SMILES string of the molecule is CCCOc1ccccc1/C=C(\C(=O)O)c1ccc(C)cc1C. The van der Waals surface area contributed by atoms with E-state index in [1.807, 2.05) is 63.2 Å². The van der Waals surface area contributed by atoms with Gasteiger partial charge in [0.15, 0.2) is 0 Å². The summed E-state index contributed by atoms with van der Waals surface area (Å²) in [7, 11) is 0. The first kappa shape index (κ1) is 16.8. The molecule has 120 valence electrons. The van der Waals surface area contributed by atoms with Crippen molar-refractivity contribution in [2.45, 2.75) is 27.2 Å². The van der Waals surface area contributed by atoms with Gasteiger partial charge in [-0.2, -0.15) is 0 Å². The Bertz CT molecular complexity index is 729. The van der Waals surface area contributed by atoms with Gasteiger partial charge < -0.3 is 9.84 Å². The van der Waals surface area contributed by atoms with E-state index >= 15 is 0 Å². The maximum atomic E-state index is 11.8. The summed E-state index contributed by atoms with van der Waals surface area (Å²) in [4.78, 5) is 11.8. The van der Waals surface area contributed by atoms with Crippen LogP contribution >= 0.6 is 0 Å². The minimum atomic E-state index is -0.942. The fourth-order valence-corrected chi connectivity index (χ4v) is 2.47. The van der Waals surface area contributed by atoms with Gasteiger partial charge in [0.25, 0.3) is 0 Å². The number of ether oxygens (including phenoxy) is 1.